The van der Waals surface area contributed by atoms with Crippen LogP contribution in [0.3, 0.4) is 0 Å². The molecule has 1 aliphatic rings. The first kappa shape index (κ1) is 10.9. The van der Waals surface area contributed by atoms with Gasteiger partial charge in [0.25, 0.3) is 0 Å². The predicted molar refractivity (Wildman–Crippen MR) is 61.9 cm³/mol. The Bertz CT molecular complexity index is 393. The zero-order chi connectivity index (χ0) is 11.5. The molecular weight excluding hydrogens is 204 g/mol. The maximum absolute atomic E-state index is 11.6. The number of carbonyl (C=O) groups is 1. The summed E-state index contributed by atoms with van der Waals surface area (Å²) in [5.41, 5.74) is 7.45. The highest BCUT2D eigenvalue weighted by atomic mass is 16.2. The van der Waals surface area contributed by atoms with Gasteiger partial charge in [-0.2, -0.15) is 0 Å². The van der Waals surface area contributed by atoms with E-state index in [1.807, 2.05) is 24.0 Å². The molecule has 1 aromatic heterocycles. The lowest BCUT2D eigenvalue weighted by molar-refractivity contribution is -0.122. The van der Waals surface area contributed by atoms with Crippen molar-refractivity contribution in [2.45, 2.75) is 19.5 Å². The second-order valence-electron chi connectivity index (χ2n) is 3.83. The van der Waals surface area contributed by atoms with Gasteiger partial charge in [0.05, 0.1) is 11.4 Å². The summed E-state index contributed by atoms with van der Waals surface area (Å²) in [6.45, 7) is 3.75. The Morgan fingerprint density at radius 1 is 1.69 bits per heavy atom. The molecule has 0 aliphatic carbocycles. The summed E-state index contributed by atoms with van der Waals surface area (Å²) in [4.78, 5) is 17.9. The Morgan fingerprint density at radius 3 is 3.25 bits per heavy atom. The molecule has 16 heavy (non-hydrogen) atoms. The van der Waals surface area contributed by atoms with Crippen molar-refractivity contribution in [2.24, 2.45) is 5.73 Å². The summed E-state index contributed by atoms with van der Waals surface area (Å²) in [5.74, 6) is 0.0538. The van der Waals surface area contributed by atoms with Gasteiger partial charge in [-0.15, -0.1) is 0 Å². The van der Waals surface area contributed by atoms with Gasteiger partial charge in [0.15, 0.2) is 0 Å². The van der Waals surface area contributed by atoms with Crippen molar-refractivity contribution in [3.05, 3.63) is 24.0 Å². The normalized spacial score (nSPS) is 20.8. The third kappa shape index (κ3) is 1.86. The van der Waals surface area contributed by atoms with E-state index in [4.69, 9.17) is 5.73 Å². The number of anilines is 1. The number of hydrogen-bond acceptors (Lipinski definition) is 4. The van der Waals surface area contributed by atoms with Crippen molar-refractivity contribution in [1.29, 1.82) is 0 Å². The van der Waals surface area contributed by atoms with Crippen LogP contribution >= 0.6 is 0 Å². The lowest BCUT2D eigenvalue weighted by Crippen LogP contribution is -2.54. The first-order valence-electron chi connectivity index (χ1n) is 5.42. The quantitative estimate of drug-likeness (QED) is 0.728. The minimum Gasteiger partial charge on any atom is -0.357 e. The molecule has 86 valence electrons. The van der Waals surface area contributed by atoms with Crippen LogP contribution in [0.5, 0.6) is 0 Å². The number of piperazine rings is 1. The standard InChI is InChI=1S/C11H16N4O/c1-8-11(16)14-5-6-15(8)10-3-2-4-13-9(10)7-12/h2-4,8H,5-7,12H2,1H3,(H,14,16). The fraction of sp³-hybridized carbons (Fsp3) is 0.455. The third-order valence-corrected chi connectivity index (χ3v) is 2.87. The van der Waals surface area contributed by atoms with Crippen LogP contribution in [0.2, 0.25) is 0 Å². The molecule has 1 aromatic rings. The van der Waals surface area contributed by atoms with E-state index in [1.165, 1.54) is 0 Å². The zero-order valence-corrected chi connectivity index (χ0v) is 9.31. The van der Waals surface area contributed by atoms with Gasteiger partial charge in [0.2, 0.25) is 5.91 Å². The van der Waals surface area contributed by atoms with Crippen LogP contribution in [-0.4, -0.2) is 30.0 Å². The van der Waals surface area contributed by atoms with Gasteiger partial charge in [-0.25, -0.2) is 0 Å². The van der Waals surface area contributed by atoms with Crippen LogP contribution in [0.4, 0.5) is 5.69 Å². The highest BCUT2D eigenvalue weighted by molar-refractivity contribution is 5.86. The fourth-order valence-corrected chi connectivity index (χ4v) is 1.96. The van der Waals surface area contributed by atoms with Crippen molar-refractivity contribution in [3.8, 4) is 0 Å². The van der Waals surface area contributed by atoms with Crippen LogP contribution in [-0.2, 0) is 11.3 Å². The Kier molecular flexibility index (Phi) is 3.05. The van der Waals surface area contributed by atoms with Gasteiger partial charge in [-0.3, -0.25) is 9.78 Å². The average molecular weight is 220 g/mol. The van der Waals surface area contributed by atoms with E-state index in [0.29, 0.717) is 13.1 Å². The molecule has 1 saturated heterocycles. The molecule has 0 bridgehead atoms. The Morgan fingerprint density at radius 2 is 2.50 bits per heavy atom. The molecule has 0 radical (unpaired) electrons. The minimum atomic E-state index is -0.164. The van der Waals surface area contributed by atoms with Gasteiger partial charge in [-0.05, 0) is 19.1 Å². The second kappa shape index (κ2) is 4.49. The Labute approximate surface area is 94.6 Å². The summed E-state index contributed by atoms with van der Waals surface area (Å²) < 4.78 is 0. The van der Waals surface area contributed by atoms with Crippen LogP contribution in [0.15, 0.2) is 18.3 Å². The van der Waals surface area contributed by atoms with Crippen molar-refractivity contribution in [3.63, 3.8) is 0 Å². The maximum Gasteiger partial charge on any atom is 0.242 e. The molecular formula is C11H16N4O. The lowest BCUT2D eigenvalue weighted by Gasteiger charge is -2.35. The average Bonchev–Trinajstić information content (AvgIpc) is 2.33. The van der Waals surface area contributed by atoms with E-state index in [2.05, 4.69) is 10.3 Å². The van der Waals surface area contributed by atoms with E-state index in [9.17, 15) is 4.79 Å². The molecule has 1 amide bonds. The van der Waals surface area contributed by atoms with Crippen LogP contribution in [0.1, 0.15) is 12.6 Å². The Balaban J connectivity index is 2.32. The van der Waals surface area contributed by atoms with Gasteiger partial charge in [-0.1, -0.05) is 0 Å². The topological polar surface area (TPSA) is 71.2 Å². The van der Waals surface area contributed by atoms with E-state index in [-0.39, 0.29) is 11.9 Å². The van der Waals surface area contributed by atoms with E-state index in [0.717, 1.165) is 17.9 Å². The van der Waals surface area contributed by atoms with Crippen molar-refractivity contribution >= 4 is 11.6 Å². The summed E-state index contributed by atoms with van der Waals surface area (Å²) in [6, 6.07) is 3.67. The highest BCUT2D eigenvalue weighted by Crippen LogP contribution is 2.21. The number of amides is 1. The number of carbonyl (C=O) groups excluding carboxylic acids is 1. The third-order valence-electron chi connectivity index (χ3n) is 2.87. The van der Waals surface area contributed by atoms with Gasteiger partial charge >= 0.3 is 0 Å². The summed E-state index contributed by atoms with van der Waals surface area (Å²) in [5, 5.41) is 2.84. The molecule has 0 spiro atoms. The van der Waals surface area contributed by atoms with E-state index >= 15 is 0 Å². The van der Waals surface area contributed by atoms with E-state index in [1.54, 1.807) is 6.20 Å². The number of nitrogens with zero attached hydrogens (tertiary/aromatic N) is 2. The smallest absolute Gasteiger partial charge is 0.242 e. The monoisotopic (exact) mass is 220 g/mol. The summed E-state index contributed by atoms with van der Waals surface area (Å²) in [7, 11) is 0. The number of nitrogens with two attached hydrogens (primary N) is 1. The molecule has 2 heterocycles. The number of nitrogens with one attached hydrogen (secondary N) is 1. The van der Waals surface area contributed by atoms with Crippen molar-refractivity contribution in [2.75, 3.05) is 18.0 Å². The van der Waals surface area contributed by atoms with Crippen molar-refractivity contribution in [1.82, 2.24) is 10.3 Å². The SMILES string of the molecule is CC1C(=O)NCCN1c1cccnc1CN. The largest absolute Gasteiger partial charge is 0.357 e. The molecule has 2 rings (SSSR count). The molecule has 1 aliphatic heterocycles. The van der Waals surface area contributed by atoms with Crippen LogP contribution < -0.4 is 16.0 Å². The summed E-state index contributed by atoms with van der Waals surface area (Å²) >= 11 is 0. The number of aromatic nitrogens is 1. The molecule has 5 nitrogen and oxygen atoms in total. The molecule has 1 fully saturated rings. The van der Waals surface area contributed by atoms with Crippen molar-refractivity contribution < 1.29 is 4.79 Å². The number of rotatable bonds is 2. The number of hydrogen-bond donors (Lipinski definition) is 2. The minimum absolute atomic E-state index is 0.0538. The Hall–Kier alpha value is -1.62. The van der Waals surface area contributed by atoms with E-state index < -0.39 is 0 Å². The van der Waals surface area contributed by atoms with Crippen LogP contribution in [0.25, 0.3) is 0 Å². The summed E-state index contributed by atoms with van der Waals surface area (Å²) in [6.07, 6.45) is 1.72. The van der Waals surface area contributed by atoms with Crippen LogP contribution in [0, 0.1) is 0 Å². The lowest BCUT2D eigenvalue weighted by atomic mass is 10.1. The fourth-order valence-electron chi connectivity index (χ4n) is 1.96. The van der Waals surface area contributed by atoms with Gasteiger partial charge in [0.1, 0.15) is 6.04 Å². The first-order chi connectivity index (χ1) is 7.74. The maximum atomic E-state index is 11.6. The highest BCUT2D eigenvalue weighted by Gasteiger charge is 2.26. The first-order valence-corrected chi connectivity index (χ1v) is 5.42. The molecule has 5 heteroatoms. The van der Waals surface area contributed by atoms with Gasteiger partial charge in [0, 0.05) is 25.8 Å². The number of pyridine rings is 1. The molecule has 3 N–H and O–H groups in total. The predicted octanol–water partition coefficient (Wildman–Crippen LogP) is -0.135. The molecule has 1 atom stereocenters. The second-order valence-corrected chi connectivity index (χ2v) is 3.83. The molecule has 0 aromatic carbocycles. The molecule has 1 unspecified atom stereocenters. The zero-order valence-electron chi connectivity index (χ0n) is 9.31. The molecule has 0 saturated carbocycles. The van der Waals surface area contributed by atoms with Gasteiger partial charge < -0.3 is 16.0 Å².